The lowest BCUT2D eigenvalue weighted by molar-refractivity contribution is 0.957. The summed E-state index contributed by atoms with van der Waals surface area (Å²) >= 11 is 0. The highest BCUT2D eigenvalue weighted by Gasteiger charge is 1.93. The van der Waals surface area contributed by atoms with E-state index in [2.05, 4.69) is 11.9 Å². The monoisotopic (exact) mass is 162 g/mol. The topological polar surface area (TPSA) is 38.9 Å². The van der Waals surface area contributed by atoms with Crippen molar-refractivity contribution in [2.24, 2.45) is 5.73 Å². The minimum absolute atomic E-state index is 0.775. The van der Waals surface area contributed by atoms with Crippen LogP contribution in [0.15, 0.2) is 30.5 Å². The van der Waals surface area contributed by atoms with Crippen LogP contribution in [-0.2, 0) is 0 Å². The van der Waals surface area contributed by atoms with Gasteiger partial charge in [0.05, 0.1) is 11.4 Å². The Hall–Kier alpha value is -1.31. The second kappa shape index (κ2) is 4.54. The van der Waals surface area contributed by atoms with Gasteiger partial charge in [0.15, 0.2) is 0 Å². The Morgan fingerprint density at radius 3 is 3.00 bits per heavy atom. The van der Waals surface area contributed by atoms with Crippen molar-refractivity contribution in [1.82, 2.24) is 4.98 Å². The van der Waals surface area contributed by atoms with Crippen molar-refractivity contribution < 1.29 is 0 Å². The number of hydrogen-bond donors (Lipinski definition) is 1. The van der Waals surface area contributed by atoms with Gasteiger partial charge in [0, 0.05) is 6.20 Å². The number of nitrogens with two attached hydrogens (primary N) is 1. The molecule has 2 heteroatoms. The number of pyridine rings is 1. The highest BCUT2D eigenvalue weighted by molar-refractivity contribution is 5.58. The third kappa shape index (κ3) is 2.38. The number of nitrogens with zero attached hydrogens (tertiary/aromatic N) is 1. The molecule has 0 saturated carbocycles. The zero-order valence-electron chi connectivity index (χ0n) is 7.33. The summed E-state index contributed by atoms with van der Waals surface area (Å²) in [6.07, 6.45) is 5.90. The molecular weight excluding hydrogens is 148 g/mol. The SMILES string of the molecule is CCC/C=C(/N)c1ccccn1. The van der Waals surface area contributed by atoms with E-state index in [4.69, 9.17) is 5.73 Å². The number of allylic oxidation sites excluding steroid dienone is 1. The molecule has 0 aromatic carbocycles. The smallest absolute Gasteiger partial charge is 0.0855 e. The summed E-state index contributed by atoms with van der Waals surface area (Å²) in [6, 6.07) is 5.74. The highest BCUT2D eigenvalue weighted by Crippen LogP contribution is 2.05. The maximum absolute atomic E-state index is 5.78. The summed E-state index contributed by atoms with van der Waals surface area (Å²) < 4.78 is 0. The highest BCUT2D eigenvalue weighted by atomic mass is 14.7. The molecule has 0 spiro atoms. The fourth-order valence-electron chi connectivity index (χ4n) is 0.938. The van der Waals surface area contributed by atoms with Crippen molar-refractivity contribution in [3.8, 4) is 0 Å². The third-order valence-electron chi connectivity index (χ3n) is 1.61. The first kappa shape index (κ1) is 8.78. The molecule has 0 atom stereocenters. The normalized spacial score (nSPS) is 11.6. The summed E-state index contributed by atoms with van der Waals surface area (Å²) in [5, 5.41) is 0. The predicted molar refractivity (Wildman–Crippen MR) is 51.3 cm³/mol. The van der Waals surface area contributed by atoms with Crippen molar-refractivity contribution in [2.75, 3.05) is 0 Å². The molecule has 1 aromatic heterocycles. The van der Waals surface area contributed by atoms with Gasteiger partial charge in [-0.3, -0.25) is 4.98 Å². The van der Waals surface area contributed by atoms with Crippen LogP contribution in [0.25, 0.3) is 5.70 Å². The van der Waals surface area contributed by atoms with E-state index in [0.717, 1.165) is 24.2 Å². The molecule has 1 rings (SSSR count). The summed E-state index contributed by atoms with van der Waals surface area (Å²) in [4.78, 5) is 4.14. The van der Waals surface area contributed by atoms with E-state index >= 15 is 0 Å². The molecule has 0 unspecified atom stereocenters. The summed E-state index contributed by atoms with van der Waals surface area (Å²) in [6.45, 7) is 2.13. The van der Waals surface area contributed by atoms with Gasteiger partial charge in [-0.05, 0) is 18.6 Å². The van der Waals surface area contributed by atoms with Gasteiger partial charge in [0.25, 0.3) is 0 Å². The molecule has 0 radical (unpaired) electrons. The Balaban J connectivity index is 2.71. The minimum atomic E-state index is 0.775. The van der Waals surface area contributed by atoms with Crippen LogP contribution in [-0.4, -0.2) is 4.98 Å². The number of aromatic nitrogens is 1. The molecule has 0 saturated heterocycles. The molecule has 0 aliphatic rings. The maximum Gasteiger partial charge on any atom is 0.0855 e. The summed E-state index contributed by atoms with van der Waals surface area (Å²) in [5.74, 6) is 0. The molecular formula is C10H14N2. The van der Waals surface area contributed by atoms with Crippen molar-refractivity contribution in [1.29, 1.82) is 0 Å². The van der Waals surface area contributed by atoms with E-state index < -0.39 is 0 Å². The van der Waals surface area contributed by atoms with E-state index in [9.17, 15) is 0 Å². The lowest BCUT2D eigenvalue weighted by Gasteiger charge is -1.98. The molecule has 0 aliphatic heterocycles. The van der Waals surface area contributed by atoms with Crippen molar-refractivity contribution in [3.05, 3.63) is 36.2 Å². The molecule has 2 nitrogen and oxygen atoms in total. The van der Waals surface area contributed by atoms with Crippen molar-refractivity contribution in [3.63, 3.8) is 0 Å². The van der Waals surface area contributed by atoms with Crippen LogP contribution in [0, 0.1) is 0 Å². The average Bonchev–Trinajstić information content (AvgIpc) is 2.15. The third-order valence-corrected chi connectivity index (χ3v) is 1.61. The first-order valence-electron chi connectivity index (χ1n) is 4.21. The molecule has 0 bridgehead atoms. The molecule has 2 N–H and O–H groups in total. The first-order chi connectivity index (χ1) is 5.84. The lowest BCUT2D eigenvalue weighted by Crippen LogP contribution is -1.97. The Morgan fingerprint density at radius 1 is 1.58 bits per heavy atom. The van der Waals surface area contributed by atoms with Crippen LogP contribution in [0.3, 0.4) is 0 Å². The van der Waals surface area contributed by atoms with Crippen LogP contribution in [0.2, 0.25) is 0 Å². The maximum atomic E-state index is 5.78. The van der Waals surface area contributed by atoms with Gasteiger partial charge in [0.2, 0.25) is 0 Å². The van der Waals surface area contributed by atoms with Crippen molar-refractivity contribution >= 4 is 5.70 Å². The fraction of sp³-hybridized carbons (Fsp3) is 0.300. The number of unbranched alkanes of at least 4 members (excludes halogenated alkanes) is 1. The average molecular weight is 162 g/mol. The summed E-state index contributed by atoms with van der Waals surface area (Å²) in [5.41, 5.74) is 7.42. The fourth-order valence-corrected chi connectivity index (χ4v) is 0.938. The van der Waals surface area contributed by atoms with Crippen LogP contribution in [0.4, 0.5) is 0 Å². The number of rotatable bonds is 3. The largest absolute Gasteiger partial charge is 0.397 e. The quantitative estimate of drug-likeness (QED) is 0.739. The molecule has 1 heterocycles. The second-order valence-electron chi connectivity index (χ2n) is 2.66. The minimum Gasteiger partial charge on any atom is -0.397 e. The van der Waals surface area contributed by atoms with Gasteiger partial charge in [0.1, 0.15) is 0 Å². The zero-order chi connectivity index (χ0) is 8.81. The Kier molecular flexibility index (Phi) is 3.33. The van der Waals surface area contributed by atoms with Crippen LogP contribution in [0.5, 0.6) is 0 Å². The van der Waals surface area contributed by atoms with Gasteiger partial charge in [-0.25, -0.2) is 0 Å². The lowest BCUT2D eigenvalue weighted by atomic mass is 10.2. The van der Waals surface area contributed by atoms with Crippen LogP contribution < -0.4 is 5.73 Å². The Morgan fingerprint density at radius 2 is 2.42 bits per heavy atom. The van der Waals surface area contributed by atoms with Gasteiger partial charge in [-0.2, -0.15) is 0 Å². The molecule has 0 amide bonds. The van der Waals surface area contributed by atoms with Crippen molar-refractivity contribution in [2.45, 2.75) is 19.8 Å². The molecule has 12 heavy (non-hydrogen) atoms. The van der Waals surface area contributed by atoms with E-state index in [1.165, 1.54) is 0 Å². The molecule has 1 aromatic rings. The molecule has 0 fully saturated rings. The molecule has 64 valence electrons. The van der Waals surface area contributed by atoms with E-state index in [1.807, 2.05) is 24.3 Å². The summed E-state index contributed by atoms with van der Waals surface area (Å²) in [7, 11) is 0. The number of hydrogen-bond acceptors (Lipinski definition) is 2. The van der Waals surface area contributed by atoms with Gasteiger partial charge in [-0.1, -0.05) is 25.5 Å². The van der Waals surface area contributed by atoms with E-state index in [-0.39, 0.29) is 0 Å². The van der Waals surface area contributed by atoms with E-state index in [0.29, 0.717) is 0 Å². The zero-order valence-corrected chi connectivity index (χ0v) is 7.33. The Labute approximate surface area is 73.1 Å². The Bertz CT molecular complexity index is 252. The second-order valence-corrected chi connectivity index (χ2v) is 2.66. The molecule has 0 aliphatic carbocycles. The predicted octanol–water partition coefficient (Wildman–Crippen LogP) is 2.18. The van der Waals surface area contributed by atoms with Gasteiger partial charge >= 0.3 is 0 Å². The first-order valence-corrected chi connectivity index (χ1v) is 4.21. The van der Waals surface area contributed by atoms with Crippen LogP contribution in [0.1, 0.15) is 25.5 Å². The standard InChI is InChI=1S/C10H14N2/c1-2-3-6-9(11)10-7-4-5-8-12-10/h4-8H,2-3,11H2,1H3/b9-6+. The van der Waals surface area contributed by atoms with Gasteiger partial charge < -0.3 is 5.73 Å². The van der Waals surface area contributed by atoms with Gasteiger partial charge in [-0.15, -0.1) is 0 Å². The van der Waals surface area contributed by atoms with E-state index in [1.54, 1.807) is 6.20 Å². The van der Waals surface area contributed by atoms with Crippen LogP contribution >= 0.6 is 0 Å².